The summed E-state index contributed by atoms with van der Waals surface area (Å²) in [6.45, 7) is 1.62. The molecule has 1 aliphatic heterocycles. The lowest BCUT2D eigenvalue weighted by Gasteiger charge is -2.23. The molecule has 1 rings (SSSR count). The zero-order chi connectivity index (χ0) is 13.1. The summed E-state index contributed by atoms with van der Waals surface area (Å²) in [5.74, 6) is 1.13. The highest BCUT2D eigenvalue weighted by molar-refractivity contribution is 14.0. The average molecular weight is 390 g/mol. The average Bonchev–Trinajstić information content (AvgIpc) is 2.51. The van der Waals surface area contributed by atoms with Crippen molar-refractivity contribution >= 4 is 40.0 Å². The summed E-state index contributed by atoms with van der Waals surface area (Å²) in [7, 11) is 4.70. The first kappa shape index (κ1) is 17.9. The smallest absolute Gasteiger partial charge is 0.214 e. The van der Waals surface area contributed by atoms with Crippen LogP contribution in [0.15, 0.2) is 4.99 Å². The quantitative estimate of drug-likeness (QED) is 0.390. The highest BCUT2D eigenvalue weighted by Crippen LogP contribution is 2.12. The van der Waals surface area contributed by atoms with E-state index in [1.54, 1.807) is 0 Å². The Balaban J connectivity index is 0.00000289. The maximum atomic E-state index is 11.6. The van der Waals surface area contributed by atoms with Gasteiger partial charge in [-0.05, 0) is 6.42 Å². The van der Waals surface area contributed by atoms with Gasteiger partial charge in [-0.15, -0.1) is 24.0 Å². The van der Waals surface area contributed by atoms with Crippen molar-refractivity contribution < 1.29 is 8.42 Å². The Kier molecular flexibility index (Phi) is 7.45. The van der Waals surface area contributed by atoms with Gasteiger partial charge in [-0.3, -0.25) is 4.99 Å². The van der Waals surface area contributed by atoms with E-state index >= 15 is 0 Å². The minimum Gasteiger partial charge on any atom is -0.349 e. The number of sulfonamides is 1. The van der Waals surface area contributed by atoms with Crippen LogP contribution in [0.2, 0.25) is 0 Å². The van der Waals surface area contributed by atoms with E-state index < -0.39 is 10.0 Å². The number of aliphatic imine (C=N–C) groups is 1. The zero-order valence-corrected chi connectivity index (χ0v) is 14.6. The molecule has 8 heteroatoms. The van der Waals surface area contributed by atoms with Crippen LogP contribution in [0, 0.1) is 0 Å². The lowest BCUT2D eigenvalue weighted by atomic mass is 10.5. The fraction of sp³-hybridized carbons (Fsp3) is 0.900. The fourth-order valence-corrected chi connectivity index (χ4v) is 3.41. The second-order valence-corrected chi connectivity index (χ2v) is 6.63. The molecule has 0 bridgehead atoms. The summed E-state index contributed by atoms with van der Waals surface area (Å²) in [4.78, 5) is 8.24. The zero-order valence-electron chi connectivity index (χ0n) is 11.5. The maximum absolute atomic E-state index is 11.6. The summed E-state index contributed by atoms with van der Waals surface area (Å²) in [6.07, 6.45) is 0.736. The maximum Gasteiger partial charge on any atom is 0.214 e. The van der Waals surface area contributed by atoms with Gasteiger partial charge in [0.2, 0.25) is 10.0 Å². The molecule has 1 saturated heterocycles. The number of rotatable bonds is 3. The van der Waals surface area contributed by atoms with Gasteiger partial charge in [0.15, 0.2) is 5.96 Å². The minimum absolute atomic E-state index is 0. The third kappa shape index (κ3) is 4.88. The van der Waals surface area contributed by atoms with Gasteiger partial charge in [-0.25, -0.2) is 12.7 Å². The van der Waals surface area contributed by atoms with Crippen LogP contribution in [0.5, 0.6) is 0 Å². The number of hydrogen-bond acceptors (Lipinski definition) is 3. The van der Waals surface area contributed by atoms with Gasteiger partial charge in [0.05, 0.1) is 12.3 Å². The van der Waals surface area contributed by atoms with Crippen molar-refractivity contribution in [1.82, 2.24) is 14.1 Å². The first-order valence-corrected chi connectivity index (χ1v) is 7.32. The van der Waals surface area contributed by atoms with E-state index in [9.17, 15) is 8.42 Å². The molecule has 0 atom stereocenters. The molecule has 0 aliphatic carbocycles. The Morgan fingerprint density at radius 3 is 2.17 bits per heavy atom. The van der Waals surface area contributed by atoms with Crippen molar-refractivity contribution in [1.29, 1.82) is 0 Å². The summed E-state index contributed by atoms with van der Waals surface area (Å²) in [5, 5.41) is 0. The highest BCUT2D eigenvalue weighted by atomic mass is 127. The Bertz CT molecular complexity index is 371. The van der Waals surface area contributed by atoms with Crippen LogP contribution in [0.1, 0.15) is 6.42 Å². The molecule has 1 aliphatic rings. The topological polar surface area (TPSA) is 56.2 Å². The van der Waals surface area contributed by atoms with E-state index in [4.69, 9.17) is 0 Å². The lowest BCUT2D eigenvalue weighted by Crippen LogP contribution is -2.36. The summed E-state index contributed by atoms with van der Waals surface area (Å²) < 4.78 is 24.7. The molecule has 0 spiro atoms. The lowest BCUT2D eigenvalue weighted by molar-refractivity contribution is 0.443. The first-order chi connectivity index (χ1) is 7.84. The van der Waals surface area contributed by atoms with Crippen molar-refractivity contribution in [3.63, 3.8) is 0 Å². The predicted molar refractivity (Wildman–Crippen MR) is 85.1 cm³/mol. The van der Waals surface area contributed by atoms with E-state index in [-0.39, 0.29) is 29.7 Å². The van der Waals surface area contributed by atoms with Crippen LogP contribution in [0.4, 0.5) is 0 Å². The Morgan fingerprint density at radius 1 is 1.22 bits per heavy atom. The Hall–Kier alpha value is -0.0900. The van der Waals surface area contributed by atoms with Crippen molar-refractivity contribution in [3.05, 3.63) is 0 Å². The molecule has 18 heavy (non-hydrogen) atoms. The third-order valence-electron chi connectivity index (χ3n) is 2.61. The molecule has 1 fully saturated rings. The van der Waals surface area contributed by atoms with Crippen molar-refractivity contribution in [2.75, 3.05) is 53.6 Å². The van der Waals surface area contributed by atoms with Crippen molar-refractivity contribution in [3.8, 4) is 0 Å². The molecule has 1 heterocycles. The van der Waals surface area contributed by atoms with Crippen LogP contribution < -0.4 is 0 Å². The standard InChI is InChI=1S/C10H22N4O2S.HI/c1-12(2)10(13(3)4)11-6-8-14-7-5-9-17(14,15)16;/h5-9H2,1-4H3;1H. The monoisotopic (exact) mass is 390 g/mol. The van der Waals surface area contributed by atoms with Crippen LogP contribution in [-0.4, -0.2) is 82.1 Å². The summed E-state index contributed by atoms with van der Waals surface area (Å²) in [5.41, 5.74) is 0. The normalized spacial score (nSPS) is 18.0. The molecule has 0 amide bonds. The minimum atomic E-state index is -2.99. The van der Waals surface area contributed by atoms with Crippen LogP contribution in [0.3, 0.4) is 0 Å². The second kappa shape index (κ2) is 7.49. The molecular formula is C10H23IN4O2S. The largest absolute Gasteiger partial charge is 0.349 e. The van der Waals surface area contributed by atoms with Gasteiger partial charge >= 0.3 is 0 Å². The number of nitrogens with zero attached hydrogens (tertiary/aromatic N) is 4. The Morgan fingerprint density at radius 2 is 1.78 bits per heavy atom. The van der Waals surface area contributed by atoms with Crippen LogP contribution in [0.25, 0.3) is 0 Å². The molecule has 0 aromatic heterocycles. The molecule has 108 valence electrons. The number of halogens is 1. The molecule has 0 radical (unpaired) electrons. The number of guanidine groups is 1. The van der Waals surface area contributed by atoms with Gasteiger partial charge in [0, 0.05) is 41.3 Å². The third-order valence-corrected chi connectivity index (χ3v) is 4.56. The Labute approximate surface area is 127 Å². The molecule has 6 nitrogen and oxygen atoms in total. The predicted octanol–water partition coefficient (Wildman–Crippen LogP) is 0.119. The van der Waals surface area contributed by atoms with Gasteiger partial charge < -0.3 is 9.80 Å². The molecule has 0 saturated carbocycles. The molecule has 0 unspecified atom stereocenters. The molecule has 0 aromatic carbocycles. The fourth-order valence-electron chi connectivity index (χ4n) is 1.89. The molecule has 0 aromatic rings. The van der Waals surface area contributed by atoms with Gasteiger partial charge in [-0.1, -0.05) is 0 Å². The molecule has 0 N–H and O–H groups in total. The van der Waals surface area contributed by atoms with Crippen LogP contribution in [-0.2, 0) is 10.0 Å². The van der Waals surface area contributed by atoms with E-state index in [0.717, 1.165) is 12.4 Å². The van der Waals surface area contributed by atoms with Gasteiger partial charge in [0.25, 0.3) is 0 Å². The first-order valence-electron chi connectivity index (χ1n) is 5.71. The highest BCUT2D eigenvalue weighted by Gasteiger charge is 2.27. The van der Waals surface area contributed by atoms with Crippen molar-refractivity contribution in [2.45, 2.75) is 6.42 Å². The van der Waals surface area contributed by atoms with E-state index in [0.29, 0.717) is 19.6 Å². The van der Waals surface area contributed by atoms with Gasteiger partial charge in [0.1, 0.15) is 0 Å². The van der Waals surface area contributed by atoms with Crippen LogP contribution >= 0.6 is 24.0 Å². The summed E-state index contributed by atoms with van der Waals surface area (Å²) >= 11 is 0. The molecular weight excluding hydrogens is 367 g/mol. The van der Waals surface area contributed by atoms with E-state index in [1.165, 1.54) is 4.31 Å². The summed E-state index contributed by atoms with van der Waals surface area (Å²) in [6, 6.07) is 0. The van der Waals surface area contributed by atoms with E-state index in [1.807, 2.05) is 38.0 Å². The van der Waals surface area contributed by atoms with E-state index in [2.05, 4.69) is 4.99 Å². The van der Waals surface area contributed by atoms with Crippen molar-refractivity contribution in [2.24, 2.45) is 4.99 Å². The van der Waals surface area contributed by atoms with Gasteiger partial charge in [-0.2, -0.15) is 0 Å². The number of hydrogen-bond donors (Lipinski definition) is 0. The SMILES string of the molecule is CN(C)C(=NCCN1CCCS1(=O)=O)N(C)C.I. The second-order valence-electron chi connectivity index (χ2n) is 4.54.